The average molecular weight is 381 g/mol. The number of nitrogens with one attached hydrogen (secondary N) is 1. The molecule has 0 saturated carbocycles. The van der Waals surface area contributed by atoms with Crippen molar-refractivity contribution in [3.63, 3.8) is 0 Å². The number of aromatic nitrogens is 4. The number of carbonyl (C=O) groups excluding carboxylic acids is 1. The number of carbonyl (C=O) groups is 1. The Balaban J connectivity index is 1.71. The van der Waals surface area contributed by atoms with Crippen molar-refractivity contribution in [3.05, 3.63) is 96.7 Å². The van der Waals surface area contributed by atoms with E-state index in [1.807, 2.05) is 67.6 Å². The van der Waals surface area contributed by atoms with E-state index in [1.165, 1.54) is 0 Å². The molecule has 1 N–H and O–H groups in total. The third kappa shape index (κ3) is 4.16. The Morgan fingerprint density at radius 1 is 0.862 bits per heavy atom. The second-order valence-corrected chi connectivity index (χ2v) is 6.51. The topological polar surface area (TPSA) is 80.7 Å². The van der Waals surface area contributed by atoms with Gasteiger partial charge in [-0.25, -0.2) is 9.97 Å². The highest BCUT2D eigenvalue weighted by Gasteiger charge is 2.19. The quantitative estimate of drug-likeness (QED) is 0.563. The first-order valence-corrected chi connectivity index (χ1v) is 9.27. The standard InChI is InChI=1S/C23H19N5O/c1-16(20-9-5-6-12-25-20)27-23(29)19-15-26-22(18-7-3-2-4-8-18)28-21(19)17-10-13-24-14-11-17/h2-16H,1H3,(H,27,29). The van der Waals surface area contributed by atoms with Crippen molar-refractivity contribution in [2.24, 2.45) is 0 Å². The van der Waals surface area contributed by atoms with E-state index in [4.69, 9.17) is 4.98 Å². The number of pyridine rings is 2. The first kappa shape index (κ1) is 18.4. The first-order chi connectivity index (χ1) is 14.2. The lowest BCUT2D eigenvalue weighted by atomic mass is 10.1. The zero-order valence-electron chi connectivity index (χ0n) is 15.9. The van der Waals surface area contributed by atoms with Gasteiger partial charge in [-0.2, -0.15) is 0 Å². The molecule has 0 radical (unpaired) electrons. The lowest BCUT2D eigenvalue weighted by Gasteiger charge is -2.15. The highest BCUT2D eigenvalue weighted by molar-refractivity contribution is 6.00. The fraction of sp³-hybridized carbons (Fsp3) is 0.0870. The maximum absolute atomic E-state index is 13.0. The summed E-state index contributed by atoms with van der Waals surface area (Å²) in [5.74, 6) is 0.307. The molecule has 1 unspecified atom stereocenters. The monoisotopic (exact) mass is 381 g/mol. The molecule has 4 aromatic rings. The summed E-state index contributed by atoms with van der Waals surface area (Å²) < 4.78 is 0. The van der Waals surface area contributed by atoms with Gasteiger partial charge in [0.15, 0.2) is 5.82 Å². The molecule has 1 aromatic carbocycles. The van der Waals surface area contributed by atoms with Crippen LogP contribution in [0, 0.1) is 0 Å². The molecule has 3 heterocycles. The number of hydrogen-bond donors (Lipinski definition) is 1. The third-order valence-corrected chi connectivity index (χ3v) is 4.50. The maximum Gasteiger partial charge on any atom is 0.255 e. The molecule has 1 amide bonds. The van der Waals surface area contributed by atoms with Crippen molar-refractivity contribution < 1.29 is 4.79 Å². The SMILES string of the molecule is CC(NC(=O)c1cnc(-c2ccccc2)nc1-c1ccncc1)c1ccccn1. The smallest absolute Gasteiger partial charge is 0.255 e. The molecule has 0 bridgehead atoms. The van der Waals surface area contributed by atoms with Gasteiger partial charge in [-0.05, 0) is 31.2 Å². The van der Waals surface area contributed by atoms with Gasteiger partial charge in [0, 0.05) is 35.9 Å². The van der Waals surface area contributed by atoms with Crippen molar-refractivity contribution in [2.45, 2.75) is 13.0 Å². The molecule has 6 nitrogen and oxygen atoms in total. The third-order valence-electron chi connectivity index (χ3n) is 4.50. The molecule has 0 aliphatic carbocycles. The predicted molar refractivity (Wildman–Crippen MR) is 111 cm³/mol. The molecule has 142 valence electrons. The highest BCUT2D eigenvalue weighted by atomic mass is 16.1. The van der Waals surface area contributed by atoms with Crippen molar-refractivity contribution in [3.8, 4) is 22.6 Å². The average Bonchev–Trinajstić information content (AvgIpc) is 2.80. The maximum atomic E-state index is 13.0. The number of rotatable bonds is 5. The van der Waals surface area contributed by atoms with Gasteiger partial charge in [0.1, 0.15) is 0 Å². The van der Waals surface area contributed by atoms with Crippen LogP contribution in [0.5, 0.6) is 0 Å². The van der Waals surface area contributed by atoms with Gasteiger partial charge >= 0.3 is 0 Å². The fourth-order valence-corrected chi connectivity index (χ4v) is 2.98. The second-order valence-electron chi connectivity index (χ2n) is 6.51. The van der Waals surface area contributed by atoms with Gasteiger partial charge in [-0.3, -0.25) is 14.8 Å². The Hall–Kier alpha value is -3.93. The van der Waals surface area contributed by atoms with E-state index in [0.717, 1.165) is 16.8 Å². The van der Waals surface area contributed by atoms with E-state index in [1.54, 1.807) is 24.8 Å². The predicted octanol–water partition coefficient (Wildman–Crippen LogP) is 4.09. The summed E-state index contributed by atoms with van der Waals surface area (Å²) in [5.41, 5.74) is 3.44. The van der Waals surface area contributed by atoms with Gasteiger partial charge in [-0.1, -0.05) is 36.4 Å². The van der Waals surface area contributed by atoms with Crippen LogP contribution < -0.4 is 5.32 Å². The Labute approximate surface area is 168 Å². The molecule has 29 heavy (non-hydrogen) atoms. The summed E-state index contributed by atoms with van der Waals surface area (Å²) in [6, 6.07) is 18.7. The van der Waals surface area contributed by atoms with Crippen LogP contribution in [0.3, 0.4) is 0 Å². The van der Waals surface area contributed by atoms with Crippen LogP contribution >= 0.6 is 0 Å². The minimum atomic E-state index is -0.255. The number of nitrogens with zero attached hydrogens (tertiary/aromatic N) is 4. The summed E-state index contributed by atoms with van der Waals surface area (Å²) >= 11 is 0. The Morgan fingerprint density at radius 2 is 1.62 bits per heavy atom. The van der Waals surface area contributed by atoms with Crippen LogP contribution in [-0.2, 0) is 0 Å². The van der Waals surface area contributed by atoms with Gasteiger partial charge in [0.25, 0.3) is 5.91 Å². The van der Waals surface area contributed by atoms with Crippen LogP contribution in [-0.4, -0.2) is 25.8 Å². The summed E-state index contributed by atoms with van der Waals surface area (Å²) in [6.07, 6.45) is 6.64. The van der Waals surface area contributed by atoms with Crippen LogP contribution in [0.1, 0.15) is 29.0 Å². The number of benzene rings is 1. The minimum absolute atomic E-state index is 0.247. The summed E-state index contributed by atoms with van der Waals surface area (Å²) in [7, 11) is 0. The van der Waals surface area contributed by atoms with E-state index in [0.29, 0.717) is 17.1 Å². The second kappa shape index (κ2) is 8.39. The molecule has 6 heteroatoms. The largest absolute Gasteiger partial charge is 0.344 e. The van der Waals surface area contributed by atoms with Crippen LogP contribution in [0.4, 0.5) is 0 Å². The van der Waals surface area contributed by atoms with Crippen molar-refractivity contribution in [1.29, 1.82) is 0 Å². The zero-order valence-corrected chi connectivity index (χ0v) is 15.9. The minimum Gasteiger partial charge on any atom is -0.344 e. The zero-order chi connectivity index (χ0) is 20.1. The summed E-state index contributed by atoms with van der Waals surface area (Å²) in [6.45, 7) is 1.89. The number of hydrogen-bond acceptors (Lipinski definition) is 5. The van der Waals surface area contributed by atoms with E-state index in [9.17, 15) is 4.79 Å². The summed E-state index contributed by atoms with van der Waals surface area (Å²) in [5, 5.41) is 2.98. The van der Waals surface area contributed by atoms with Crippen LogP contribution in [0.25, 0.3) is 22.6 Å². The molecule has 4 rings (SSSR count). The Kier molecular flexibility index (Phi) is 5.33. The lowest BCUT2D eigenvalue weighted by molar-refractivity contribution is 0.0939. The first-order valence-electron chi connectivity index (χ1n) is 9.27. The van der Waals surface area contributed by atoms with Gasteiger partial charge in [0.2, 0.25) is 0 Å². The Bertz CT molecular complexity index is 1100. The highest BCUT2D eigenvalue weighted by Crippen LogP contribution is 2.24. The van der Waals surface area contributed by atoms with Crippen molar-refractivity contribution >= 4 is 5.91 Å². The molecule has 0 fully saturated rings. The van der Waals surface area contributed by atoms with Gasteiger partial charge in [0.05, 0.1) is 23.0 Å². The van der Waals surface area contributed by atoms with E-state index in [-0.39, 0.29) is 11.9 Å². The molecule has 1 atom stereocenters. The summed E-state index contributed by atoms with van der Waals surface area (Å²) in [4.78, 5) is 30.5. The molecule has 0 aliphatic heterocycles. The molecule has 0 spiro atoms. The van der Waals surface area contributed by atoms with Crippen LogP contribution in [0.2, 0.25) is 0 Å². The van der Waals surface area contributed by atoms with Gasteiger partial charge in [-0.15, -0.1) is 0 Å². The van der Waals surface area contributed by atoms with Crippen LogP contribution in [0.15, 0.2) is 85.5 Å². The van der Waals surface area contributed by atoms with Crippen molar-refractivity contribution in [2.75, 3.05) is 0 Å². The Morgan fingerprint density at radius 3 is 2.34 bits per heavy atom. The lowest BCUT2D eigenvalue weighted by Crippen LogP contribution is -2.28. The van der Waals surface area contributed by atoms with E-state index >= 15 is 0 Å². The van der Waals surface area contributed by atoms with E-state index in [2.05, 4.69) is 20.3 Å². The van der Waals surface area contributed by atoms with Crippen molar-refractivity contribution in [1.82, 2.24) is 25.3 Å². The fourth-order valence-electron chi connectivity index (χ4n) is 2.98. The molecule has 0 saturated heterocycles. The molecular weight excluding hydrogens is 362 g/mol. The molecule has 0 aliphatic rings. The van der Waals surface area contributed by atoms with E-state index < -0.39 is 0 Å². The number of amides is 1. The normalized spacial score (nSPS) is 11.6. The molecule has 3 aromatic heterocycles. The molecular formula is C23H19N5O. The van der Waals surface area contributed by atoms with Gasteiger partial charge < -0.3 is 5.32 Å².